The Kier molecular flexibility index (Phi) is 3.14. The molecule has 2 atom stereocenters. The number of thiophene rings is 1. The third-order valence-corrected chi connectivity index (χ3v) is 4.70. The first kappa shape index (κ1) is 11.2. The number of benzene rings is 1. The lowest BCUT2D eigenvalue weighted by Crippen LogP contribution is -2.24. The number of fused-ring (bicyclic) bond motifs is 1. The SMILES string of the molecule is CNC(c1cc2ccccc2s1)C1CCOC1. The molecular weight excluding hydrogens is 230 g/mol. The largest absolute Gasteiger partial charge is 0.381 e. The van der Waals surface area contributed by atoms with Crippen LogP contribution < -0.4 is 5.32 Å². The van der Waals surface area contributed by atoms with Gasteiger partial charge in [-0.05, 0) is 31.0 Å². The minimum absolute atomic E-state index is 0.440. The first-order valence-corrected chi connectivity index (χ1v) is 6.93. The zero-order valence-electron chi connectivity index (χ0n) is 9.98. The Morgan fingerprint density at radius 1 is 1.41 bits per heavy atom. The highest BCUT2D eigenvalue weighted by Crippen LogP contribution is 2.35. The third kappa shape index (κ3) is 2.10. The molecular formula is C14H17NOS. The highest BCUT2D eigenvalue weighted by molar-refractivity contribution is 7.19. The van der Waals surface area contributed by atoms with Gasteiger partial charge in [0.05, 0.1) is 6.61 Å². The van der Waals surface area contributed by atoms with Crippen LogP contribution in [0.4, 0.5) is 0 Å². The molecule has 1 aliphatic rings. The molecule has 2 nitrogen and oxygen atoms in total. The molecule has 1 saturated heterocycles. The number of hydrogen-bond donors (Lipinski definition) is 1. The van der Waals surface area contributed by atoms with E-state index in [1.807, 2.05) is 18.4 Å². The topological polar surface area (TPSA) is 21.3 Å². The Bertz CT molecular complexity index is 469. The van der Waals surface area contributed by atoms with E-state index < -0.39 is 0 Å². The molecule has 1 aromatic carbocycles. The summed E-state index contributed by atoms with van der Waals surface area (Å²) in [4.78, 5) is 1.43. The molecule has 1 fully saturated rings. The molecule has 0 bridgehead atoms. The van der Waals surface area contributed by atoms with E-state index >= 15 is 0 Å². The maximum absolute atomic E-state index is 5.50. The lowest BCUT2D eigenvalue weighted by Gasteiger charge is -2.20. The van der Waals surface area contributed by atoms with Crippen LogP contribution >= 0.6 is 11.3 Å². The van der Waals surface area contributed by atoms with Crippen molar-refractivity contribution in [3.63, 3.8) is 0 Å². The zero-order chi connectivity index (χ0) is 11.7. The van der Waals surface area contributed by atoms with Gasteiger partial charge in [-0.2, -0.15) is 0 Å². The first-order valence-electron chi connectivity index (χ1n) is 6.12. The van der Waals surface area contributed by atoms with Crippen molar-refractivity contribution < 1.29 is 4.74 Å². The van der Waals surface area contributed by atoms with E-state index in [1.165, 1.54) is 21.4 Å². The van der Waals surface area contributed by atoms with E-state index in [0.717, 1.165) is 13.2 Å². The summed E-state index contributed by atoms with van der Waals surface area (Å²) in [6, 6.07) is 11.4. The molecule has 0 aliphatic carbocycles. The van der Waals surface area contributed by atoms with E-state index in [-0.39, 0.29) is 0 Å². The van der Waals surface area contributed by atoms with Crippen LogP contribution in [0.5, 0.6) is 0 Å². The summed E-state index contributed by atoms with van der Waals surface area (Å²) in [6.45, 7) is 1.80. The zero-order valence-corrected chi connectivity index (χ0v) is 10.8. The quantitative estimate of drug-likeness (QED) is 0.899. The fraction of sp³-hybridized carbons (Fsp3) is 0.429. The van der Waals surface area contributed by atoms with Crippen molar-refractivity contribution in [2.45, 2.75) is 12.5 Å². The predicted molar refractivity (Wildman–Crippen MR) is 72.6 cm³/mol. The van der Waals surface area contributed by atoms with Gasteiger partial charge in [0.25, 0.3) is 0 Å². The standard InChI is InChI=1S/C14H17NOS/c1-15-14(11-6-7-16-9-11)13-8-10-4-2-3-5-12(10)17-13/h2-5,8,11,14-15H,6-7,9H2,1H3. The van der Waals surface area contributed by atoms with Crippen LogP contribution in [-0.2, 0) is 4.74 Å². The molecule has 2 unspecified atom stereocenters. The molecule has 3 heteroatoms. The lowest BCUT2D eigenvalue weighted by atomic mass is 9.97. The van der Waals surface area contributed by atoms with Crippen LogP contribution in [0.15, 0.2) is 30.3 Å². The molecule has 3 rings (SSSR count). The van der Waals surface area contributed by atoms with Gasteiger partial charge >= 0.3 is 0 Å². The highest BCUT2D eigenvalue weighted by atomic mass is 32.1. The van der Waals surface area contributed by atoms with Crippen molar-refractivity contribution in [1.29, 1.82) is 0 Å². The van der Waals surface area contributed by atoms with Gasteiger partial charge < -0.3 is 10.1 Å². The van der Waals surface area contributed by atoms with Crippen molar-refractivity contribution >= 4 is 21.4 Å². The lowest BCUT2D eigenvalue weighted by molar-refractivity contribution is 0.178. The Morgan fingerprint density at radius 2 is 2.29 bits per heavy atom. The fourth-order valence-electron chi connectivity index (χ4n) is 2.58. The highest BCUT2D eigenvalue weighted by Gasteiger charge is 2.26. The van der Waals surface area contributed by atoms with Gasteiger partial charge in [-0.15, -0.1) is 11.3 Å². The normalized spacial score (nSPS) is 22.1. The monoisotopic (exact) mass is 247 g/mol. The second kappa shape index (κ2) is 4.77. The van der Waals surface area contributed by atoms with Crippen LogP contribution in [0.2, 0.25) is 0 Å². The minimum Gasteiger partial charge on any atom is -0.381 e. The molecule has 2 aromatic rings. The average Bonchev–Trinajstić information content (AvgIpc) is 2.98. The van der Waals surface area contributed by atoms with Crippen LogP contribution in [0.3, 0.4) is 0 Å². The molecule has 1 aromatic heterocycles. The molecule has 0 radical (unpaired) electrons. The average molecular weight is 247 g/mol. The van der Waals surface area contributed by atoms with Gasteiger partial charge in [0.1, 0.15) is 0 Å². The van der Waals surface area contributed by atoms with E-state index in [9.17, 15) is 0 Å². The third-order valence-electron chi connectivity index (χ3n) is 3.50. The second-order valence-corrected chi connectivity index (χ2v) is 5.69. The molecule has 0 amide bonds. The van der Waals surface area contributed by atoms with Gasteiger partial charge in [-0.1, -0.05) is 18.2 Å². The molecule has 2 heterocycles. The van der Waals surface area contributed by atoms with Crippen molar-refractivity contribution in [2.75, 3.05) is 20.3 Å². The van der Waals surface area contributed by atoms with Crippen molar-refractivity contribution in [3.05, 3.63) is 35.2 Å². The maximum Gasteiger partial charge on any atom is 0.0513 e. The molecule has 0 saturated carbocycles. The van der Waals surface area contributed by atoms with Gasteiger partial charge in [0.2, 0.25) is 0 Å². The Hall–Kier alpha value is -0.900. The van der Waals surface area contributed by atoms with Crippen molar-refractivity contribution in [3.8, 4) is 0 Å². The van der Waals surface area contributed by atoms with E-state index in [1.54, 1.807) is 0 Å². The fourth-order valence-corrected chi connectivity index (χ4v) is 3.85. The molecule has 1 aliphatic heterocycles. The summed E-state index contributed by atoms with van der Waals surface area (Å²) < 4.78 is 6.88. The maximum atomic E-state index is 5.50. The van der Waals surface area contributed by atoms with Crippen LogP contribution in [0.1, 0.15) is 17.3 Å². The summed E-state index contributed by atoms with van der Waals surface area (Å²) in [7, 11) is 2.05. The van der Waals surface area contributed by atoms with E-state index in [0.29, 0.717) is 12.0 Å². The summed E-state index contributed by atoms with van der Waals surface area (Å²) >= 11 is 1.90. The van der Waals surface area contributed by atoms with Crippen molar-refractivity contribution in [1.82, 2.24) is 5.32 Å². The summed E-state index contributed by atoms with van der Waals surface area (Å²) in [5.74, 6) is 0.619. The van der Waals surface area contributed by atoms with E-state index in [4.69, 9.17) is 4.74 Å². The number of nitrogens with one attached hydrogen (secondary N) is 1. The molecule has 90 valence electrons. The van der Waals surface area contributed by atoms with Crippen LogP contribution in [0.25, 0.3) is 10.1 Å². The number of ether oxygens (including phenoxy) is 1. The minimum atomic E-state index is 0.440. The van der Waals surface area contributed by atoms with Crippen molar-refractivity contribution in [2.24, 2.45) is 5.92 Å². The Morgan fingerprint density at radius 3 is 3.00 bits per heavy atom. The molecule has 0 spiro atoms. The molecule has 1 N–H and O–H groups in total. The number of hydrogen-bond acceptors (Lipinski definition) is 3. The van der Waals surface area contributed by atoms with Gasteiger partial charge in [0.15, 0.2) is 0 Å². The summed E-state index contributed by atoms with van der Waals surface area (Å²) in [5, 5.41) is 4.81. The summed E-state index contributed by atoms with van der Waals surface area (Å²) in [6.07, 6.45) is 1.17. The van der Waals surface area contributed by atoms with Gasteiger partial charge in [-0.3, -0.25) is 0 Å². The Balaban J connectivity index is 1.94. The first-order chi connectivity index (χ1) is 8.38. The Labute approximate surface area is 106 Å². The van der Waals surface area contributed by atoms with E-state index in [2.05, 4.69) is 35.6 Å². The number of rotatable bonds is 3. The van der Waals surface area contributed by atoms with Crippen LogP contribution in [-0.4, -0.2) is 20.3 Å². The van der Waals surface area contributed by atoms with Crippen LogP contribution in [0, 0.1) is 5.92 Å². The predicted octanol–water partition coefficient (Wildman–Crippen LogP) is 3.20. The second-order valence-electron chi connectivity index (χ2n) is 4.58. The smallest absolute Gasteiger partial charge is 0.0513 e. The summed E-state index contributed by atoms with van der Waals surface area (Å²) in [5.41, 5.74) is 0. The molecule has 17 heavy (non-hydrogen) atoms. The van der Waals surface area contributed by atoms with Gasteiger partial charge in [-0.25, -0.2) is 0 Å². The van der Waals surface area contributed by atoms with Gasteiger partial charge in [0, 0.05) is 28.1 Å².